The highest BCUT2D eigenvalue weighted by molar-refractivity contribution is 7.85. The SMILES string of the molecule is CCC(C)C(NCCCS(=O)(=O)O)C(=O)OCc1ccccc1. The smallest absolute Gasteiger partial charge is 0.323 e. The van der Waals surface area contributed by atoms with Gasteiger partial charge in [-0.25, -0.2) is 0 Å². The minimum Gasteiger partial charge on any atom is -0.460 e. The van der Waals surface area contributed by atoms with Crippen molar-refractivity contribution in [3.8, 4) is 0 Å². The Bertz CT molecular complexity index is 573. The number of carbonyl (C=O) groups excluding carboxylic acids is 1. The Morgan fingerprint density at radius 1 is 1.30 bits per heavy atom. The van der Waals surface area contributed by atoms with E-state index >= 15 is 0 Å². The molecule has 0 amide bonds. The Labute approximate surface area is 138 Å². The van der Waals surface area contributed by atoms with E-state index in [1.807, 2.05) is 44.2 Å². The Hall–Kier alpha value is -1.44. The molecule has 0 saturated heterocycles. The zero-order valence-corrected chi connectivity index (χ0v) is 14.4. The average Bonchev–Trinajstić information content (AvgIpc) is 2.52. The van der Waals surface area contributed by atoms with Crippen molar-refractivity contribution in [2.24, 2.45) is 5.92 Å². The molecule has 6 nitrogen and oxygen atoms in total. The van der Waals surface area contributed by atoms with Crippen LogP contribution in [-0.4, -0.2) is 37.3 Å². The summed E-state index contributed by atoms with van der Waals surface area (Å²) in [6.07, 6.45) is 1.02. The zero-order valence-electron chi connectivity index (χ0n) is 13.6. The predicted molar refractivity (Wildman–Crippen MR) is 88.5 cm³/mol. The molecule has 0 saturated carbocycles. The second kappa shape index (κ2) is 9.64. The van der Waals surface area contributed by atoms with E-state index < -0.39 is 16.2 Å². The molecule has 0 aliphatic rings. The van der Waals surface area contributed by atoms with E-state index in [1.54, 1.807) is 0 Å². The summed E-state index contributed by atoms with van der Waals surface area (Å²) >= 11 is 0. The molecule has 130 valence electrons. The lowest BCUT2D eigenvalue weighted by molar-refractivity contribution is -0.149. The Balaban J connectivity index is 2.50. The quantitative estimate of drug-likeness (QED) is 0.383. The summed E-state index contributed by atoms with van der Waals surface area (Å²) < 4.78 is 35.4. The van der Waals surface area contributed by atoms with Crippen LogP contribution in [0.25, 0.3) is 0 Å². The van der Waals surface area contributed by atoms with Crippen LogP contribution >= 0.6 is 0 Å². The van der Waals surface area contributed by atoms with E-state index in [1.165, 1.54) is 0 Å². The normalized spacial score (nSPS) is 14.2. The molecule has 0 radical (unpaired) electrons. The van der Waals surface area contributed by atoms with Crippen LogP contribution in [-0.2, 0) is 26.3 Å². The molecule has 0 heterocycles. The first kappa shape index (κ1) is 19.6. The van der Waals surface area contributed by atoms with E-state index in [-0.39, 0.29) is 30.7 Å². The Morgan fingerprint density at radius 2 is 1.96 bits per heavy atom. The highest BCUT2D eigenvalue weighted by Crippen LogP contribution is 2.11. The third-order valence-corrected chi connectivity index (χ3v) is 4.44. The van der Waals surface area contributed by atoms with E-state index in [0.29, 0.717) is 6.54 Å². The second-order valence-electron chi connectivity index (χ2n) is 5.55. The molecule has 0 aromatic heterocycles. The van der Waals surface area contributed by atoms with Crippen molar-refractivity contribution in [1.82, 2.24) is 5.32 Å². The molecule has 0 bridgehead atoms. The lowest BCUT2D eigenvalue weighted by Gasteiger charge is -2.22. The van der Waals surface area contributed by atoms with Crippen LogP contribution in [0.1, 0.15) is 32.3 Å². The number of rotatable bonds is 10. The van der Waals surface area contributed by atoms with Gasteiger partial charge in [-0.15, -0.1) is 0 Å². The Kier molecular flexibility index (Phi) is 8.22. The van der Waals surface area contributed by atoms with Crippen LogP contribution in [0.15, 0.2) is 30.3 Å². The number of ether oxygens (including phenoxy) is 1. The number of esters is 1. The largest absolute Gasteiger partial charge is 0.460 e. The van der Waals surface area contributed by atoms with Crippen molar-refractivity contribution in [2.75, 3.05) is 12.3 Å². The molecule has 2 unspecified atom stereocenters. The molecule has 23 heavy (non-hydrogen) atoms. The van der Waals surface area contributed by atoms with Crippen LogP contribution in [0.2, 0.25) is 0 Å². The maximum Gasteiger partial charge on any atom is 0.323 e. The molecule has 0 fully saturated rings. The maximum atomic E-state index is 12.3. The Morgan fingerprint density at radius 3 is 2.52 bits per heavy atom. The van der Waals surface area contributed by atoms with Crippen molar-refractivity contribution in [3.63, 3.8) is 0 Å². The van der Waals surface area contributed by atoms with Crippen LogP contribution in [0.5, 0.6) is 0 Å². The molecular formula is C16H25NO5S. The van der Waals surface area contributed by atoms with Gasteiger partial charge in [0.15, 0.2) is 0 Å². The first-order chi connectivity index (χ1) is 10.8. The van der Waals surface area contributed by atoms with Crippen LogP contribution in [0.4, 0.5) is 0 Å². The molecule has 0 aliphatic heterocycles. The topological polar surface area (TPSA) is 92.7 Å². The summed E-state index contributed by atoms with van der Waals surface area (Å²) in [5, 5.41) is 3.03. The maximum absolute atomic E-state index is 12.3. The average molecular weight is 343 g/mol. The van der Waals surface area contributed by atoms with Crippen molar-refractivity contribution in [1.29, 1.82) is 0 Å². The molecule has 1 aromatic carbocycles. The molecule has 2 atom stereocenters. The number of hydrogen-bond donors (Lipinski definition) is 2. The van der Waals surface area contributed by atoms with Gasteiger partial charge >= 0.3 is 5.97 Å². The zero-order chi connectivity index (χ0) is 17.3. The van der Waals surface area contributed by atoms with Crippen molar-refractivity contribution >= 4 is 16.1 Å². The summed E-state index contributed by atoms with van der Waals surface area (Å²) in [6.45, 7) is 4.43. The minimum atomic E-state index is -3.97. The lowest BCUT2D eigenvalue weighted by atomic mass is 9.99. The van der Waals surface area contributed by atoms with Gasteiger partial charge in [-0.1, -0.05) is 50.6 Å². The van der Waals surface area contributed by atoms with Crippen molar-refractivity contribution < 1.29 is 22.5 Å². The molecule has 7 heteroatoms. The van der Waals surface area contributed by atoms with E-state index in [0.717, 1.165) is 12.0 Å². The van der Waals surface area contributed by atoms with E-state index in [4.69, 9.17) is 9.29 Å². The number of nitrogens with one attached hydrogen (secondary N) is 1. The summed E-state index contributed by atoms with van der Waals surface area (Å²) in [4.78, 5) is 12.3. The van der Waals surface area contributed by atoms with Crippen molar-refractivity contribution in [3.05, 3.63) is 35.9 Å². The van der Waals surface area contributed by atoms with Gasteiger partial charge in [-0.3, -0.25) is 9.35 Å². The summed E-state index contributed by atoms with van der Waals surface area (Å²) in [6, 6.07) is 8.91. The summed E-state index contributed by atoms with van der Waals surface area (Å²) in [5.74, 6) is -0.620. The monoisotopic (exact) mass is 343 g/mol. The first-order valence-corrected chi connectivity index (χ1v) is 9.33. The van der Waals surface area contributed by atoms with E-state index in [2.05, 4.69) is 5.32 Å². The van der Waals surface area contributed by atoms with Gasteiger partial charge < -0.3 is 10.1 Å². The molecule has 0 spiro atoms. The minimum absolute atomic E-state index is 0.0593. The fourth-order valence-electron chi connectivity index (χ4n) is 2.08. The predicted octanol–water partition coefficient (Wildman–Crippen LogP) is 2.01. The molecule has 2 N–H and O–H groups in total. The van der Waals surface area contributed by atoms with Crippen LogP contribution in [0, 0.1) is 5.92 Å². The number of benzene rings is 1. The van der Waals surface area contributed by atoms with E-state index in [9.17, 15) is 13.2 Å². The van der Waals surface area contributed by atoms with Crippen LogP contribution in [0.3, 0.4) is 0 Å². The number of hydrogen-bond acceptors (Lipinski definition) is 5. The highest BCUT2D eigenvalue weighted by Gasteiger charge is 2.25. The van der Waals surface area contributed by atoms with Gasteiger partial charge in [0.1, 0.15) is 12.6 Å². The van der Waals surface area contributed by atoms with Gasteiger partial charge in [0.05, 0.1) is 5.75 Å². The third-order valence-electron chi connectivity index (χ3n) is 3.63. The molecule has 1 aromatic rings. The second-order valence-corrected chi connectivity index (χ2v) is 7.12. The standard InChI is InChI=1S/C16H25NO5S/c1-3-13(2)15(17-10-7-11-23(19,20)21)16(18)22-12-14-8-5-4-6-9-14/h4-6,8-9,13,15,17H,3,7,10-12H2,1-2H3,(H,19,20,21). The molecule has 1 rings (SSSR count). The number of carbonyl (C=O) groups is 1. The summed E-state index contributed by atoms with van der Waals surface area (Å²) in [5.41, 5.74) is 0.912. The molecule has 0 aliphatic carbocycles. The summed E-state index contributed by atoms with van der Waals surface area (Å²) in [7, 11) is -3.97. The van der Waals surface area contributed by atoms with Gasteiger partial charge in [0, 0.05) is 0 Å². The van der Waals surface area contributed by atoms with Crippen molar-refractivity contribution in [2.45, 2.75) is 39.3 Å². The lowest BCUT2D eigenvalue weighted by Crippen LogP contribution is -2.43. The first-order valence-electron chi connectivity index (χ1n) is 7.72. The highest BCUT2D eigenvalue weighted by atomic mass is 32.2. The molecular weight excluding hydrogens is 318 g/mol. The van der Waals surface area contributed by atoms with Gasteiger partial charge in [0.2, 0.25) is 0 Å². The van der Waals surface area contributed by atoms with Gasteiger partial charge in [-0.05, 0) is 24.4 Å². The third kappa shape index (κ3) is 8.11. The van der Waals surface area contributed by atoms with Gasteiger partial charge in [-0.2, -0.15) is 8.42 Å². The van der Waals surface area contributed by atoms with Crippen LogP contribution < -0.4 is 5.32 Å². The van der Waals surface area contributed by atoms with Gasteiger partial charge in [0.25, 0.3) is 10.1 Å². The fourth-order valence-corrected chi connectivity index (χ4v) is 2.59. The fraction of sp³-hybridized carbons (Fsp3) is 0.562.